The van der Waals surface area contributed by atoms with E-state index in [1.165, 1.54) is 22.8 Å². The van der Waals surface area contributed by atoms with Crippen molar-refractivity contribution in [3.63, 3.8) is 0 Å². The molecular weight excluding hydrogens is 448 g/mol. The van der Waals surface area contributed by atoms with Gasteiger partial charge >= 0.3 is 5.97 Å². The molecule has 10 heteroatoms. The van der Waals surface area contributed by atoms with Crippen LogP contribution in [-0.2, 0) is 13.2 Å². The summed E-state index contributed by atoms with van der Waals surface area (Å²) in [4.78, 5) is 28.2. The van der Waals surface area contributed by atoms with E-state index < -0.39 is 22.8 Å². The molecule has 2 heterocycles. The predicted molar refractivity (Wildman–Crippen MR) is 112 cm³/mol. The van der Waals surface area contributed by atoms with Crippen LogP contribution < -0.4 is 10.2 Å². The van der Waals surface area contributed by atoms with Crippen molar-refractivity contribution in [1.29, 1.82) is 5.26 Å². The van der Waals surface area contributed by atoms with Crippen LogP contribution >= 0.6 is 23.2 Å². The second-order valence-electron chi connectivity index (χ2n) is 6.32. The van der Waals surface area contributed by atoms with E-state index in [4.69, 9.17) is 33.2 Å². The lowest BCUT2D eigenvalue weighted by molar-refractivity contribution is 0.0695. The molecule has 0 saturated heterocycles. The number of carbonyl (C=O) groups is 1. The van der Waals surface area contributed by atoms with Gasteiger partial charge in [-0.2, -0.15) is 5.26 Å². The number of aromatic nitrogens is 2. The maximum Gasteiger partial charge on any atom is 0.341 e. The highest BCUT2D eigenvalue weighted by Gasteiger charge is 2.23. The van der Waals surface area contributed by atoms with Crippen LogP contribution in [-0.4, -0.2) is 20.6 Å². The van der Waals surface area contributed by atoms with Crippen LogP contribution in [0, 0.1) is 17.1 Å². The van der Waals surface area contributed by atoms with Gasteiger partial charge in [-0.3, -0.25) is 4.79 Å². The van der Waals surface area contributed by atoms with Crippen LogP contribution in [0.1, 0.15) is 28.4 Å². The number of halogens is 3. The van der Waals surface area contributed by atoms with E-state index >= 15 is 0 Å². The minimum Gasteiger partial charge on any atom is -0.477 e. The van der Waals surface area contributed by atoms with Crippen LogP contribution in [0.3, 0.4) is 0 Å². The van der Waals surface area contributed by atoms with Gasteiger partial charge in [0.2, 0.25) is 5.43 Å². The van der Waals surface area contributed by atoms with E-state index in [1.807, 2.05) is 6.07 Å². The molecule has 2 aromatic heterocycles. The quantitative estimate of drug-likeness (QED) is 0.540. The van der Waals surface area contributed by atoms with Crippen molar-refractivity contribution in [1.82, 2.24) is 9.55 Å². The Balaban J connectivity index is 2.17. The van der Waals surface area contributed by atoms with Gasteiger partial charge in [0.05, 0.1) is 22.5 Å². The van der Waals surface area contributed by atoms with Gasteiger partial charge in [0, 0.05) is 23.7 Å². The number of pyridine rings is 2. The smallest absolute Gasteiger partial charge is 0.341 e. The number of ether oxygens (including phenoxy) is 1. The number of hydrogen-bond donors (Lipinski definition) is 1. The molecule has 0 radical (unpaired) electrons. The van der Waals surface area contributed by atoms with E-state index in [1.54, 1.807) is 6.92 Å². The standard InChI is InChI=1S/C21H14Cl2FN3O4/c1-2-27-17(31-10-13-5-14(24)9-26-20(13)23)7-16(28)18(21(29)30)19(27)11-3-4-12(8-25)15(22)6-11/h3-7,9H,2,10H2,1H3,(H,29,30). The Morgan fingerprint density at radius 1 is 1.32 bits per heavy atom. The Labute approximate surface area is 185 Å². The van der Waals surface area contributed by atoms with Crippen molar-refractivity contribution < 1.29 is 19.0 Å². The average Bonchev–Trinajstić information content (AvgIpc) is 2.73. The third-order valence-corrected chi connectivity index (χ3v) is 5.07. The van der Waals surface area contributed by atoms with Crippen molar-refractivity contribution in [3.8, 4) is 23.2 Å². The molecule has 0 aliphatic heterocycles. The summed E-state index contributed by atoms with van der Waals surface area (Å²) in [5.74, 6) is -1.98. The number of rotatable bonds is 6. The zero-order chi connectivity index (χ0) is 22.7. The summed E-state index contributed by atoms with van der Waals surface area (Å²) in [7, 11) is 0. The SMILES string of the molecule is CCn1c(OCc2cc(F)cnc2Cl)cc(=O)c(C(=O)O)c1-c1ccc(C#N)c(Cl)c1. The van der Waals surface area contributed by atoms with E-state index in [0.717, 1.165) is 18.3 Å². The molecular formula is C21H14Cl2FN3O4. The van der Waals surface area contributed by atoms with Gasteiger partial charge in [-0.1, -0.05) is 29.3 Å². The maximum absolute atomic E-state index is 13.5. The first-order valence-corrected chi connectivity index (χ1v) is 9.66. The first-order valence-electron chi connectivity index (χ1n) is 8.90. The Hall–Kier alpha value is -3.41. The number of nitrogens with zero attached hydrogens (tertiary/aromatic N) is 3. The lowest BCUT2D eigenvalue weighted by atomic mass is 10.0. The zero-order valence-electron chi connectivity index (χ0n) is 16.0. The number of benzene rings is 1. The Morgan fingerprint density at radius 2 is 2.06 bits per heavy atom. The molecule has 0 amide bonds. The van der Waals surface area contributed by atoms with Crippen molar-refractivity contribution in [2.45, 2.75) is 20.1 Å². The van der Waals surface area contributed by atoms with Crippen LogP contribution in [0.15, 0.2) is 41.3 Å². The summed E-state index contributed by atoms with van der Waals surface area (Å²) in [6.45, 7) is 1.76. The highest BCUT2D eigenvalue weighted by molar-refractivity contribution is 6.32. The van der Waals surface area contributed by atoms with E-state index in [2.05, 4.69) is 4.98 Å². The van der Waals surface area contributed by atoms with Crippen molar-refractivity contribution >= 4 is 29.2 Å². The molecule has 0 unspecified atom stereocenters. The molecule has 1 aromatic carbocycles. The number of hydrogen-bond acceptors (Lipinski definition) is 5. The van der Waals surface area contributed by atoms with Crippen LogP contribution in [0.4, 0.5) is 4.39 Å². The second kappa shape index (κ2) is 9.16. The third-order valence-electron chi connectivity index (χ3n) is 4.42. The normalized spacial score (nSPS) is 10.5. The summed E-state index contributed by atoms with van der Waals surface area (Å²) < 4.78 is 20.6. The van der Waals surface area contributed by atoms with Gasteiger partial charge in [0.15, 0.2) is 5.88 Å². The molecule has 0 spiro atoms. The minimum absolute atomic E-state index is 0.0352. The highest BCUT2D eigenvalue weighted by atomic mass is 35.5. The van der Waals surface area contributed by atoms with E-state index in [-0.39, 0.29) is 46.0 Å². The first-order chi connectivity index (χ1) is 14.8. The lowest BCUT2D eigenvalue weighted by Gasteiger charge is -2.20. The predicted octanol–water partition coefficient (Wildman–Crippen LogP) is 4.52. The molecule has 0 fully saturated rings. The van der Waals surface area contributed by atoms with Gasteiger partial charge in [-0.15, -0.1) is 0 Å². The molecule has 0 saturated carbocycles. The number of carboxylic acids is 1. The average molecular weight is 462 g/mol. The van der Waals surface area contributed by atoms with E-state index in [9.17, 15) is 19.1 Å². The fraction of sp³-hybridized carbons (Fsp3) is 0.143. The molecule has 0 aliphatic rings. The summed E-state index contributed by atoms with van der Waals surface area (Å²) in [5, 5.41) is 18.9. The van der Waals surface area contributed by atoms with Gasteiger partial charge in [-0.05, 0) is 25.1 Å². The zero-order valence-corrected chi connectivity index (χ0v) is 17.5. The fourth-order valence-corrected chi connectivity index (χ4v) is 3.42. The summed E-state index contributed by atoms with van der Waals surface area (Å²) in [5.41, 5.74) is -0.425. The molecule has 3 rings (SSSR count). The molecule has 7 nitrogen and oxygen atoms in total. The van der Waals surface area contributed by atoms with Gasteiger partial charge in [0.25, 0.3) is 0 Å². The Bertz CT molecular complexity index is 1280. The van der Waals surface area contributed by atoms with Gasteiger partial charge in [0.1, 0.15) is 29.2 Å². The van der Waals surface area contributed by atoms with Gasteiger partial charge < -0.3 is 14.4 Å². The minimum atomic E-state index is -1.42. The van der Waals surface area contributed by atoms with Crippen molar-refractivity contribution in [2.75, 3.05) is 0 Å². The van der Waals surface area contributed by atoms with Crippen LogP contribution in [0.25, 0.3) is 11.3 Å². The molecule has 31 heavy (non-hydrogen) atoms. The molecule has 1 N–H and O–H groups in total. The first kappa shape index (κ1) is 22.3. The molecule has 3 aromatic rings. The molecule has 0 bridgehead atoms. The van der Waals surface area contributed by atoms with Crippen molar-refractivity contribution in [2.24, 2.45) is 0 Å². The van der Waals surface area contributed by atoms with Gasteiger partial charge in [-0.25, -0.2) is 14.2 Å². The summed E-state index contributed by atoms with van der Waals surface area (Å²) in [6, 6.07) is 8.45. The number of carboxylic acid groups (broad SMARTS) is 1. The van der Waals surface area contributed by atoms with E-state index in [0.29, 0.717) is 5.56 Å². The topological polar surface area (TPSA) is 105 Å². The van der Waals surface area contributed by atoms with Crippen LogP contribution in [0.5, 0.6) is 5.88 Å². The Kier molecular flexibility index (Phi) is 6.59. The monoisotopic (exact) mass is 461 g/mol. The number of nitriles is 1. The molecule has 158 valence electrons. The number of aromatic carboxylic acids is 1. The third kappa shape index (κ3) is 4.53. The fourth-order valence-electron chi connectivity index (χ4n) is 3.03. The summed E-state index contributed by atoms with van der Waals surface area (Å²) in [6.07, 6.45) is 0.961. The second-order valence-corrected chi connectivity index (χ2v) is 7.08. The molecule has 0 atom stereocenters. The van der Waals surface area contributed by atoms with Crippen molar-refractivity contribution in [3.05, 3.63) is 79.4 Å². The molecule has 0 aliphatic carbocycles. The van der Waals surface area contributed by atoms with Crippen LogP contribution in [0.2, 0.25) is 10.2 Å². The lowest BCUT2D eigenvalue weighted by Crippen LogP contribution is -2.22. The summed E-state index contributed by atoms with van der Waals surface area (Å²) >= 11 is 12.1. The highest BCUT2D eigenvalue weighted by Crippen LogP contribution is 2.30. The maximum atomic E-state index is 13.5. The largest absolute Gasteiger partial charge is 0.477 e. The Morgan fingerprint density at radius 3 is 2.68 bits per heavy atom.